The standard InChI is InChI=1S/C12H11F3N6O/c1-7-9(5-18-21(7)2)19-11-17-4-8(3-16)10(20-11)22-6-12(13,14)15/h4-5H,6H2,1-2H3,(H,17,19,20). The van der Waals surface area contributed by atoms with Gasteiger partial charge in [-0.2, -0.15) is 28.5 Å². The van der Waals surface area contributed by atoms with Crippen LogP contribution < -0.4 is 10.1 Å². The van der Waals surface area contributed by atoms with Gasteiger partial charge in [-0.25, -0.2) is 4.98 Å². The molecule has 0 saturated carbocycles. The van der Waals surface area contributed by atoms with Crippen LogP contribution in [0.3, 0.4) is 0 Å². The number of ether oxygens (including phenoxy) is 1. The molecule has 116 valence electrons. The zero-order valence-corrected chi connectivity index (χ0v) is 11.6. The molecule has 2 rings (SSSR count). The van der Waals surface area contributed by atoms with Crippen molar-refractivity contribution in [2.75, 3.05) is 11.9 Å². The van der Waals surface area contributed by atoms with E-state index in [1.165, 1.54) is 6.20 Å². The van der Waals surface area contributed by atoms with Gasteiger partial charge in [-0.1, -0.05) is 0 Å². The smallest absolute Gasteiger partial charge is 0.422 e. The summed E-state index contributed by atoms with van der Waals surface area (Å²) in [6, 6.07) is 1.68. The van der Waals surface area contributed by atoms with Crippen LogP contribution >= 0.6 is 0 Å². The van der Waals surface area contributed by atoms with E-state index in [9.17, 15) is 13.2 Å². The summed E-state index contributed by atoms with van der Waals surface area (Å²) in [5, 5.41) is 15.7. The Hall–Kier alpha value is -2.83. The third kappa shape index (κ3) is 3.63. The van der Waals surface area contributed by atoms with Crippen LogP contribution in [0.25, 0.3) is 0 Å². The fraction of sp³-hybridized carbons (Fsp3) is 0.333. The molecule has 0 atom stereocenters. The number of aryl methyl sites for hydroxylation is 1. The fourth-order valence-corrected chi connectivity index (χ4v) is 1.51. The van der Waals surface area contributed by atoms with Crippen molar-refractivity contribution in [3.8, 4) is 11.9 Å². The predicted octanol–water partition coefficient (Wildman–Crippen LogP) is 2.07. The lowest BCUT2D eigenvalue weighted by Gasteiger charge is -2.10. The van der Waals surface area contributed by atoms with E-state index >= 15 is 0 Å². The Morgan fingerprint density at radius 1 is 1.41 bits per heavy atom. The van der Waals surface area contributed by atoms with Gasteiger partial charge in [0.25, 0.3) is 0 Å². The molecular formula is C12H11F3N6O. The number of nitrogens with one attached hydrogen (secondary N) is 1. The lowest BCUT2D eigenvalue weighted by Crippen LogP contribution is -2.20. The van der Waals surface area contributed by atoms with Crippen molar-refractivity contribution in [2.45, 2.75) is 13.1 Å². The maximum Gasteiger partial charge on any atom is 0.422 e. The van der Waals surface area contributed by atoms with Crippen LogP contribution in [0.2, 0.25) is 0 Å². The Kier molecular flexibility index (Phi) is 4.16. The van der Waals surface area contributed by atoms with Crippen molar-refractivity contribution >= 4 is 11.6 Å². The number of nitrogens with zero attached hydrogens (tertiary/aromatic N) is 5. The first-order valence-corrected chi connectivity index (χ1v) is 6.02. The monoisotopic (exact) mass is 312 g/mol. The van der Waals surface area contributed by atoms with Crippen LogP contribution in [-0.4, -0.2) is 32.5 Å². The minimum atomic E-state index is -4.52. The molecule has 0 radical (unpaired) electrons. The molecule has 2 aromatic heterocycles. The lowest BCUT2D eigenvalue weighted by molar-refractivity contribution is -0.154. The highest BCUT2D eigenvalue weighted by Gasteiger charge is 2.29. The summed E-state index contributed by atoms with van der Waals surface area (Å²) in [6.45, 7) is 0.254. The number of hydrogen-bond acceptors (Lipinski definition) is 6. The van der Waals surface area contributed by atoms with Crippen LogP contribution in [0.1, 0.15) is 11.3 Å². The second-order valence-electron chi connectivity index (χ2n) is 4.32. The van der Waals surface area contributed by atoms with Crippen molar-refractivity contribution in [2.24, 2.45) is 7.05 Å². The minimum Gasteiger partial charge on any atom is -0.467 e. The maximum atomic E-state index is 12.2. The van der Waals surface area contributed by atoms with Gasteiger partial charge in [0, 0.05) is 7.05 Å². The summed E-state index contributed by atoms with van der Waals surface area (Å²) in [4.78, 5) is 7.65. The normalized spacial score (nSPS) is 11.1. The Morgan fingerprint density at radius 3 is 2.68 bits per heavy atom. The molecule has 0 bridgehead atoms. The maximum absolute atomic E-state index is 12.2. The topological polar surface area (TPSA) is 88.7 Å². The summed E-state index contributed by atoms with van der Waals surface area (Å²) in [7, 11) is 1.73. The molecule has 7 nitrogen and oxygen atoms in total. The van der Waals surface area contributed by atoms with Gasteiger partial charge in [0.15, 0.2) is 6.61 Å². The van der Waals surface area contributed by atoms with Gasteiger partial charge in [-0.05, 0) is 6.92 Å². The predicted molar refractivity (Wildman–Crippen MR) is 69.5 cm³/mol. The van der Waals surface area contributed by atoms with Gasteiger partial charge in [0.1, 0.15) is 11.6 Å². The first-order valence-electron chi connectivity index (χ1n) is 6.02. The average molecular weight is 312 g/mol. The third-order valence-corrected chi connectivity index (χ3v) is 2.73. The third-order valence-electron chi connectivity index (χ3n) is 2.73. The molecule has 0 aromatic carbocycles. The van der Waals surface area contributed by atoms with Crippen LogP contribution in [0.15, 0.2) is 12.4 Å². The number of rotatable bonds is 4. The highest BCUT2D eigenvalue weighted by atomic mass is 19.4. The number of anilines is 2. The van der Waals surface area contributed by atoms with Crippen molar-refractivity contribution in [1.82, 2.24) is 19.7 Å². The molecule has 0 aliphatic heterocycles. The van der Waals surface area contributed by atoms with Crippen LogP contribution in [0.5, 0.6) is 5.88 Å². The van der Waals surface area contributed by atoms with Crippen molar-refractivity contribution in [3.63, 3.8) is 0 Å². The van der Waals surface area contributed by atoms with E-state index in [1.54, 1.807) is 24.7 Å². The summed E-state index contributed by atoms with van der Waals surface area (Å²) in [6.07, 6.45) is -1.91. The quantitative estimate of drug-likeness (QED) is 0.929. The number of alkyl halides is 3. The van der Waals surface area contributed by atoms with E-state index in [0.29, 0.717) is 5.69 Å². The Balaban J connectivity index is 2.23. The average Bonchev–Trinajstić information content (AvgIpc) is 2.76. The Morgan fingerprint density at radius 2 is 2.14 bits per heavy atom. The van der Waals surface area contributed by atoms with E-state index in [2.05, 4.69) is 25.1 Å². The highest BCUT2D eigenvalue weighted by Crippen LogP contribution is 2.22. The molecule has 1 N–H and O–H groups in total. The van der Waals surface area contributed by atoms with Gasteiger partial charge >= 0.3 is 6.18 Å². The lowest BCUT2D eigenvalue weighted by atomic mass is 10.3. The molecule has 0 saturated heterocycles. The zero-order valence-electron chi connectivity index (χ0n) is 11.6. The summed E-state index contributed by atoms with van der Waals surface area (Å²) < 4.78 is 42.8. The van der Waals surface area contributed by atoms with E-state index < -0.39 is 18.7 Å². The summed E-state index contributed by atoms with van der Waals surface area (Å²) in [5.41, 5.74) is 1.19. The van der Waals surface area contributed by atoms with Gasteiger partial charge in [-0.15, -0.1) is 0 Å². The molecule has 0 amide bonds. The van der Waals surface area contributed by atoms with Crippen LogP contribution in [0, 0.1) is 18.3 Å². The van der Waals surface area contributed by atoms with Crippen molar-refractivity contribution in [1.29, 1.82) is 5.26 Å². The second-order valence-corrected chi connectivity index (χ2v) is 4.32. The molecule has 0 unspecified atom stereocenters. The second kappa shape index (κ2) is 5.88. The van der Waals surface area contributed by atoms with E-state index in [4.69, 9.17) is 5.26 Å². The zero-order chi connectivity index (χ0) is 16.3. The molecule has 2 heterocycles. The van der Waals surface area contributed by atoms with Crippen LogP contribution in [-0.2, 0) is 7.05 Å². The van der Waals surface area contributed by atoms with E-state index in [-0.39, 0.29) is 11.5 Å². The van der Waals surface area contributed by atoms with E-state index in [1.807, 2.05) is 0 Å². The van der Waals surface area contributed by atoms with Crippen molar-refractivity contribution in [3.05, 3.63) is 23.7 Å². The Bertz CT molecular complexity index is 719. The first-order chi connectivity index (χ1) is 10.3. The fourth-order valence-electron chi connectivity index (χ4n) is 1.51. The van der Waals surface area contributed by atoms with E-state index in [0.717, 1.165) is 11.9 Å². The highest BCUT2D eigenvalue weighted by molar-refractivity contribution is 5.56. The van der Waals surface area contributed by atoms with Crippen LogP contribution in [0.4, 0.5) is 24.8 Å². The van der Waals surface area contributed by atoms with Gasteiger partial charge < -0.3 is 10.1 Å². The molecule has 0 spiro atoms. The molecular weight excluding hydrogens is 301 g/mol. The SMILES string of the molecule is Cc1c(Nc2ncc(C#N)c(OCC(F)(F)F)n2)cnn1C. The Labute approximate surface area is 123 Å². The minimum absolute atomic E-state index is 0.00674. The molecule has 0 aliphatic rings. The number of hydrogen-bond donors (Lipinski definition) is 1. The molecule has 0 fully saturated rings. The first kappa shape index (κ1) is 15.6. The molecule has 10 heteroatoms. The summed E-state index contributed by atoms with van der Waals surface area (Å²) >= 11 is 0. The number of halogens is 3. The molecule has 22 heavy (non-hydrogen) atoms. The molecule has 2 aromatic rings. The largest absolute Gasteiger partial charge is 0.467 e. The van der Waals surface area contributed by atoms with Gasteiger partial charge in [-0.3, -0.25) is 4.68 Å². The number of aromatic nitrogens is 4. The van der Waals surface area contributed by atoms with Gasteiger partial charge in [0.2, 0.25) is 11.8 Å². The molecule has 0 aliphatic carbocycles. The summed E-state index contributed by atoms with van der Waals surface area (Å²) in [5.74, 6) is -0.425. The van der Waals surface area contributed by atoms with Crippen molar-refractivity contribution < 1.29 is 17.9 Å². The number of nitriles is 1. The van der Waals surface area contributed by atoms with Gasteiger partial charge in [0.05, 0.1) is 23.8 Å².